The van der Waals surface area contributed by atoms with Crippen molar-refractivity contribution < 1.29 is 4.74 Å². The van der Waals surface area contributed by atoms with Crippen molar-refractivity contribution in [1.29, 1.82) is 0 Å². The number of amidine groups is 1. The van der Waals surface area contributed by atoms with Crippen LogP contribution in [0.1, 0.15) is 11.1 Å². The SMILES string of the molecule is COCCN1Cc2cc3cc(C)ccc3nc2SC1=Nc1ccccc1. The van der Waals surface area contributed by atoms with E-state index in [-0.39, 0.29) is 0 Å². The molecular weight excluding hydrogens is 342 g/mol. The van der Waals surface area contributed by atoms with Gasteiger partial charge in [-0.05, 0) is 49.0 Å². The molecule has 3 aromatic rings. The summed E-state index contributed by atoms with van der Waals surface area (Å²) >= 11 is 1.64. The Morgan fingerprint density at radius 1 is 1.15 bits per heavy atom. The molecule has 1 aliphatic heterocycles. The fraction of sp³-hybridized carbons (Fsp3) is 0.238. The number of fused-ring (bicyclic) bond motifs is 2. The molecule has 4 rings (SSSR count). The molecule has 0 spiro atoms. The predicted molar refractivity (Wildman–Crippen MR) is 108 cm³/mol. The molecule has 26 heavy (non-hydrogen) atoms. The van der Waals surface area contributed by atoms with Gasteiger partial charge >= 0.3 is 0 Å². The van der Waals surface area contributed by atoms with Crippen molar-refractivity contribution in [2.45, 2.75) is 18.5 Å². The lowest BCUT2D eigenvalue weighted by molar-refractivity contribution is 0.174. The van der Waals surface area contributed by atoms with E-state index in [0.717, 1.165) is 34.5 Å². The molecule has 0 amide bonds. The number of para-hydroxylation sites is 1. The minimum atomic E-state index is 0.670. The van der Waals surface area contributed by atoms with Crippen LogP contribution in [0.5, 0.6) is 0 Å². The summed E-state index contributed by atoms with van der Waals surface area (Å²) in [6, 6.07) is 18.7. The second-order valence-corrected chi connectivity index (χ2v) is 7.35. The second-order valence-electron chi connectivity index (χ2n) is 6.40. The summed E-state index contributed by atoms with van der Waals surface area (Å²) in [5, 5.41) is 3.21. The van der Waals surface area contributed by atoms with Crippen molar-refractivity contribution in [1.82, 2.24) is 9.88 Å². The number of pyridine rings is 1. The van der Waals surface area contributed by atoms with E-state index in [1.54, 1.807) is 18.9 Å². The summed E-state index contributed by atoms with van der Waals surface area (Å²) in [5.74, 6) is 0. The Bertz CT molecular complexity index is 956. The fourth-order valence-corrected chi connectivity index (χ4v) is 4.04. The van der Waals surface area contributed by atoms with Crippen LogP contribution in [0.4, 0.5) is 5.69 Å². The van der Waals surface area contributed by atoms with E-state index in [2.05, 4.69) is 36.1 Å². The summed E-state index contributed by atoms with van der Waals surface area (Å²) in [4.78, 5) is 12.0. The first-order valence-corrected chi connectivity index (χ1v) is 9.50. The molecule has 4 nitrogen and oxygen atoms in total. The van der Waals surface area contributed by atoms with Crippen molar-refractivity contribution in [2.75, 3.05) is 20.3 Å². The van der Waals surface area contributed by atoms with Crippen LogP contribution in [0.3, 0.4) is 0 Å². The summed E-state index contributed by atoms with van der Waals surface area (Å²) < 4.78 is 5.30. The maximum atomic E-state index is 5.30. The number of thioether (sulfide) groups is 1. The van der Waals surface area contributed by atoms with Gasteiger partial charge in [0.1, 0.15) is 5.03 Å². The van der Waals surface area contributed by atoms with Crippen LogP contribution in [0.15, 0.2) is 64.6 Å². The lowest BCUT2D eigenvalue weighted by Crippen LogP contribution is -2.34. The van der Waals surface area contributed by atoms with Gasteiger partial charge in [0, 0.05) is 31.1 Å². The van der Waals surface area contributed by atoms with E-state index in [1.165, 1.54) is 16.5 Å². The lowest BCUT2D eigenvalue weighted by Gasteiger charge is -2.30. The lowest BCUT2D eigenvalue weighted by atomic mass is 10.1. The van der Waals surface area contributed by atoms with Gasteiger partial charge in [-0.3, -0.25) is 0 Å². The van der Waals surface area contributed by atoms with Gasteiger partial charge in [0.25, 0.3) is 0 Å². The summed E-state index contributed by atoms with van der Waals surface area (Å²) in [7, 11) is 1.73. The van der Waals surface area contributed by atoms with Crippen molar-refractivity contribution >= 4 is 33.5 Å². The number of ether oxygens (including phenoxy) is 1. The highest BCUT2D eigenvalue weighted by Crippen LogP contribution is 2.34. The molecule has 132 valence electrons. The van der Waals surface area contributed by atoms with Gasteiger partial charge in [0.05, 0.1) is 17.8 Å². The minimum absolute atomic E-state index is 0.670. The zero-order chi connectivity index (χ0) is 17.9. The molecule has 0 radical (unpaired) electrons. The first kappa shape index (κ1) is 17.1. The highest BCUT2D eigenvalue weighted by atomic mass is 32.2. The van der Waals surface area contributed by atoms with Gasteiger partial charge in [0.2, 0.25) is 0 Å². The molecule has 1 aromatic heterocycles. The van der Waals surface area contributed by atoms with Gasteiger partial charge in [-0.1, -0.05) is 29.8 Å². The zero-order valence-corrected chi connectivity index (χ0v) is 15.8. The van der Waals surface area contributed by atoms with Gasteiger partial charge in [-0.25, -0.2) is 9.98 Å². The molecule has 2 heterocycles. The fourth-order valence-electron chi connectivity index (χ4n) is 3.03. The number of aromatic nitrogens is 1. The summed E-state index contributed by atoms with van der Waals surface area (Å²) in [6.45, 7) is 4.39. The maximum Gasteiger partial charge on any atom is 0.171 e. The Morgan fingerprint density at radius 2 is 2.00 bits per heavy atom. The van der Waals surface area contributed by atoms with E-state index in [9.17, 15) is 0 Å². The van der Waals surface area contributed by atoms with Crippen molar-refractivity contribution in [3.8, 4) is 0 Å². The van der Waals surface area contributed by atoms with E-state index in [0.29, 0.717) is 6.61 Å². The standard InChI is InChI=1S/C21H21N3OS/c1-15-8-9-19-16(12-15)13-17-14-24(10-11-25-2)21(26-20(17)23-19)22-18-6-4-3-5-7-18/h3-9,12-13H,10-11,14H2,1-2H3. The Labute approximate surface area is 157 Å². The number of hydrogen-bond acceptors (Lipinski definition) is 4. The van der Waals surface area contributed by atoms with Crippen LogP contribution >= 0.6 is 11.8 Å². The molecule has 0 aliphatic carbocycles. The van der Waals surface area contributed by atoms with E-state index >= 15 is 0 Å². The zero-order valence-electron chi connectivity index (χ0n) is 15.0. The average molecular weight is 363 g/mol. The van der Waals surface area contributed by atoms with E-state index < -0.39 is 0 Å². The predicted octanol–water partition coefficient (Wildman–Crippen LogP) is 4.79. The van der Waals surface area contributed by atoms with Gasteiger partial charge in [0.15, 0.2) is 5.17 Å². The molecule has 0 unspecified atom stereocenters. The van der Waals surface area contributed by atoms with Crippen molar-refractivity contribution in [3.63, 3.8) is 0 Å². The van der Waals surface area contributed by atoms with Gasteiger partial charge in [-0.15, -0.1) is 0 Å². The molecule has 0 saturated heterocycles. The highest BCUT2D eigenvalue weighted by Gasteiger charge is 2.24. The van der Waals surface area contributed by atoms with Crippen LogP contribution in [0, 0.1) is 6.92 Å². The molecule has 0 N–H and O–H groups in total. The summed E-state index contributed by atoms with van der Waals surface area (Å²) in [6.07, 6.45) is 0. The van der Waals surface area contributed by atoms with Crippen LogP contribution < -0.4 is 0 Å². The monoisotopic (exact) mass is 363 g/mol. The topological polar surface area (TPSA) is 37.7 Å². The molecule has 2 aromatic carbocycles. The van der Waals surface area contributed by atoms with Crippen molar-refractivity contribution in [2.24, 2.45) is 4.99 Å². The van der Waals surface area contributed by atoms with E-state index in [4.69, 9.17) is 14.7 Å². The summed E-state index contributed by atoms with van der Waals surface area (Å²) in [5.41, 5.74) is 4.49. The molecule has 0 bridgehead atoms. The van der Waals surface area contributed by atoms with E-state index in [1.807, 2.05) is 30.3 Å². The number of aryl methyl sites for hydroxylation is 1. The third kappa shape index (κ3) is 3.59. The number of rotatable bonds is 4. The van der Waals surface area contributed by atoms with Crippen molar-refractivity contribution in [3.05, 3.63) is 65.7 Å². The highest BCUT2D eigenvalue weighted by molar-refractivity contribution is 8.13. The third-order valence-electron chi connectivity index (χ3n) is 4.38. The van der Waals surface area contributed by atoms with Crippen LogP contribution in [-0.2, 0) is 11.3 Å². The Hall–Kier alpha value is -2.37. The molecule has 1 aliphatic rings. The molecule has 5 heteroatoms. The van der Waals surface area contributed by atoms with Crippen LogP contribution in [0.25, 0.3) is 10.9 Å². The number of nitrogens with zero attached hydrogens (tertiary/aromatic N) is 3. The third-order valence-corrected chi connectivity index (χ3v) is 5.45. The van der Waals surface area contributed by atoms with Gasteiger partial charge in [-0.2, -0.15) is 0 Å². The molecule has 0 atom stereocenters. The quantitative estimate of drug-likeness (QED) is 0.668. The molecule has 0 saturated carbocycles. The smallest absolute Gasteiger partial charge is 0.171 e. The first-order valence-electron chi connectivity index (χ1n) is 8.69. The number of aliphatic imine (C=N–C) groups is 1. The Balaban J connectivity index is 1.74. The minimum Gasteiger partial charge on any atom is -0.383 e. The average Bonchev–Trinajstić information content (AvgIpc) is 2.65. The Morgan fingerprint density at radius 3 is 2.81 bits per heavy atom. The number of methoxy groups -OCH3 is 1. The normalized spacial score (nSPS) is 15.5. The van der Waals surface area contributed by atoms with Gasteiger partial charge < -0.3 is 9.64 Å². The molecule has 0 fully saturated rings. The number of hydrogen-bond donors (Lipinski definition) is 0. The second kappa shape index (κ2) is 7.48. The largest absolute Gasteiger partial charge is 0.383 e. The number of benzene rings is 2. The maximum absolute atomic E-state index is 5.30. The first-order chi connectivity index (χ1) is 12.7. The Kier molecular flexibility index (Phi) is 4.91. The van der Waals surface area contributed by atoms with Crippen LogP contribution in [0.2, 0.25) is 0 Å². The van der Waals surface area contributed by atoms with Crippen LogP contribution in [-0.4, -0.2) is 35.3 Å². The molecular formula is C21H21N3OS.